The molecule has 0 spiro atoms. The fourth-order valence-electron chi connectivity index (χ4n) is 3.47. The molecule has 128 valence electrons. The highest BCUT2D eigenvalue weighted by Gasteiger charge is 2.30. The maximum atomic E-state index is 12.8. The van der Waals surface area contributed by atoms with Crippen molar-refractivity contribution in [3.8, 4) is 0 Å². The van der Waals surface area contributed by atoms with E-state index in [4.69, 9.17) is 0 Å². The monoisotopic (exact) mass is 326 g/mol. The topological polar surface area (TPSA) is 51.0 Å². The molecule has 5 heteroatoms. The highest BCUT2D eigenvalue weighted by atomic mass is 16.2. The van der Waals surface area contributed by atoms with E-state index in [-0.39, 0.29) is 11.9 Å². The molecule has 5 nitrogen and oxygen atoms in total. The Morgan fingerprint density at radius 1 is 1.25 bits per heavy atom. The van der Waals surface area contributed by atoms with Gasteiger partial charge < -0.3 is 9.47 Å². The van der Waals surface area contributed by atoms with Crippen LogP contribution in [-0.2, 0) is 17.8 Å². The number of piperidine rings is 1. The molecule has 1 amide bonds. The summed E-state index contributed by atoms with van der Waals surface area (Å²) in [5.41, 5.74) is 1.22. The van der Waals surface area contributed by atoms with Crippen LogP contribution in [-0.4, -0.2) is 32.1 Å². The number of carbonyl (C=O) groups excluding carboxylic acids is 1. The van der Waals surface area contributed by atoms with E-state index < -0.39 is 0 Å². The standard InChI is InChI=1S/C19H26N4O/c1-2-13-22-15-20-21-19(22)17-10-6-7-14-23(17)18(24)12-11-16-8-4-3-5-9-16/h3-5,8-9,15,17H,2,6-7,10-14H2,1H3/t17-/m0/s1. The van der Waals surface area contributed by atoms with Crippen molar-refractivity contribution >= 4 is 5.91 Å². The van der Waals surface area contributed by atoms with Gasteiger partial charge in [0.15, 0.2) is 5.82 Å². The van der Waals surface area contributed by atoms with Crippen LogP contribution in [0.5, 0.6) is 0 Å². The Kier molecular flexibility index (Phi) is 5.62. The lowest BCUT2D eigenvalue weighted by atomic mass is 10.00. The van der Waals surface area contributed by atoms with Gasteiger partial charge in [-0.25, -0.2) is 0 Å². The summed E-state index contributed by atoms with van der Waals surface area (Å²) < 4.78 is 2.10. The van der Waals surface area contributed by atoms with Gasteiger partial charge in [-0.2, -0.15) is 0 Å². The zero-order valence-corrected chi connectivity index (χ0v) is 14.4. The summed E-state index contributed by atoms with van der Waals surface area (Å²) in [4.78, 5) is 14.8. The number of aromatic nitrogens is 3. The SMILES string of the molecule is CCCn1cnnc1[C@@H]1CCCCN1C(=O)CCc1ccccc1. The third-order valence-corrected chi connectivity index (χ3v) is 4.70. The number of likely N-dealkylation sites (tertiary alicyclic amines) is 1. The van der Waals surface area contributed by atoms with Gasteiger partial charge in [-0.15, -0.1) is 10.2 Å². The predicted octanol–water partition coefficient (Wildman–Crippen LogP) is 3.37. The smallest absolute Gasteiger partial charge is 0.223 e. The summed E-state index contributed by atoms with van der Waals surface area (Å²) >= 11 is 0. The summed E-state index contributed by atoms with van der Waals surface area (Å²) in [6, 6.07) is 10.3. The average Bonchev–Trinajstić information content (AvgIpc) is 3.09. The second kappa shape index (κ2) is 8.08. The highest BCUT2D eigenvalue weighted by molar-refractivity contribution is 5.77. The Morgan fingerprint density at radius 3 is 2.88 bits per heavy atom. The van der Waals surface area contributed by atoms with Crippen molar-refractivity contribution in [2.45, 2.75) is 58.0 Å². The Balaban J connectivity index is 1.69. The lowest BCUT2D eigenvalue weighted by molar-refractivity contribution is -0.135. The van der Waals surface area contributed by atoms with Gasteiger partial charge >= 0.3 is 0 Å². The number of carbonyl (C=O) groups is 1. The number of rotatable bonds is 6. The van der Waals surface area contributed by atoms with E-state index >= 15 is 0 Å². The van der Waals surface area contributed by atoms with Gasteiger partial charge in [-0.1, -0.05) is 37.3 Å². The van der Waals surface area contributed by atoms with Crippen molar-refractivity contribution in [3.05, 3.63) is 48.0 Å². The minimum absolute atomic E-state index is 0.0797. The number of amides is 1. The van der Waals surface area contributed by atoms with E-state index in [1.807, 2.05) is 23.1 Å². The van der Waals surface area contributed by atoms with Crippen molar-refractivity contribution in [3.63, 3.8) is 0 Å². The molecule has 1 aromatic heterocycles. The predicted molar refractivity (Wildman–Crippen MR) is 93.4 cm³/mol. The number of nitrogens with zero attached hydrogens (tertiary/aromatic N) is 4. The van der Waals surface area contributed by atoms with Gasteiger partial charge in [0.05, 0.1) is 6.04 Å². The van der Waals surface area contributed by atoms with Crippen molar-refractivity contribution in [2.24, 2.45) is 0 Å². The van der Waals surface area contributed by atoms with Crippen LogP contribution in [0.4, 0.5) is 0 Å². The van der Waals surface area contributed by atoms with Crippen LogP contribution in [0.1, 0.15) is 56.5 Å². The molecule has 0 aliphatic carbocycles. The van der Waals surface area contributed by atoms with Crippen LogP contribution in [0, 0.1) is 0 Å². The number of benzene rings is 1. The molecule has 0 N–H and O–H groups in total. The lowest BCUT2D eigenvalue weighted by Crippen LogP contribution is -2.39. The van der Waals surface area contributed by atoms with Gasteiger partial charge in [0.2, 0.25) is 5.91 Å². The summed E-state index contributed by atoms with van der Waals surface area (Å²) in [5.74, 6) is 1.18. The van der Waals surface area contributed by atoms with Crippen LogP contribution < -0.4 is 0 Å². The zero-order valence-electron chi connectivity index (χ0n) is 14.4. The van der Waals surface area contributed by atoms with Crippen LogP contribution in [0.15, 0.2) is 36.7 Å². The first kappa shape index (κ1) is 16.7. The van der Waals surface area contributed by atoms with Gasteiger partial charge in [0.1, 0.15) is 6.33 Å². The van der Waals surface area contributed by atoms with Crippen LogP contribution in [0.2, 0.25) is 0 Å². The van der Waals surface area contributed by atoms with E-state index in [2.05, 4.69) is 33.8 Å². The van der Waals surface area contributed by atoms with Crippen LogP contribution >= 0.6 is 0 Å². The normalized spacial score (nSPS) is 17.9. The minimum atomic E-state index is 0.0797. The van der Waals surface area contributed by atoms with Crippen LogP contribution in [0.3, 0.4) is 0 Å². The molecule has 0 bridgehead atoms. The Bertz CT molecular complexity index is 652. The van der Waals surface area contributed by atoms with Crippen molar-refractivity contribution in [1.82, 2.24) is 19.7 Å². The maximum Gasteiger partial charge on any atom is 0.223 e. The largest absolute Gasteiger partial charge is 0.332 e. The summed E-state index contributed by atoms with van der Waals surface area (Å²) in [7, 11) is 0. The third-order valence-electron chi connectivity index (χ3n) is 4.70. The first-order valence-electron chi connectivity index (χ1n) is 9.00. The molecule has 1 saturated heterocycles. The van der Waals surface area contributed by atoms with Gasteiger partial charge in [-0.05, 0) is 37.7 Å². The quantitative estimate of drug-likeness (QED) is 0.818. The van der Waals surface area contributed by atoms with Crippen molar-refractivity contribution in [2.75, 3.05) is 6.54 Å². The first-order valence-corrected chi connectivity index (χ1v) is 9.00. The summed E-state index contributed by atoms with van der Waals surface area (Å²) in [6.07, 6.45) is 7.40. The minimum Gasteiger partial charge on any atom is -0.332 e. The molecule has 0 radical (unpaired) electrons. The molecule has 0 saturated carbocycles. The second-order valence-electron chi connectivity index (χ2n) is 6.47. The second-order valence-corrected chi connectivity index (χ2v) is 6.47. The fourth-order valence-corrected chi connectivity index (χ4v) is 3.47. The van der Waals surface area contributed by atoms with Crippen molar-refractivity contribution < 1.29 is 4.79 Å². The molecule has 1 aromatic carbocycles. The Morgan fingerprint density at radius 2 is 2.08 bits per heavy atom. The van der Waals surface area contributed by atoms with E-state index in [9.17, 15) is 4.79 Å². The molecule has 1 aliphatic rings. The molecule has 3 rings (SSSR count). The van der Waals surface area contributed by atoms with E-state index in [0.717, 1.165) is 51.0 Å². The van der Waals surface area contributed by atoms with Gasteiger partial charge in [-0.3, -0.25) is 4.79 Å². The van der Waals surface area contributed by atoms with Crippen LogP contribution in [0.25, 0.3) is 0 Å². The maximum absolute atomic E-state index is 12.8. The lowest BCUT2D eigenvalue weighted by Gasteiger charge is -2.35. The first-order chi connectivity index (χ1) is 11.8. The summed E-state index contributed by atoms with van der Waals surface area (Å²) in [6.45, 7) is 3.88. The third kappa shape index (κ3) is 3.83. The van der Waals surface area contributed by atoms with Gasteiger partial charge in [0.25, 0.3) is 0 Å². The number of aryl methyl sites for hydroxylation is 2. The molecule has 2 heterocycles. The molecular formula is C19H26N4O. The molecule has 2 aromatic rings. The summed E-state index contributed by atoms with van der Waals surface area (Å²) in [5, 5.41) is 8.41. The van der Waals surface area contributed by atoms with Gasteiger partial charge in [0, 0.05) is 19.5 Å². The molecular weight excluding hydrogens is 300 g/mol. The highest BCUT2D eigenvalue weighted by Crippen LogP contribution is 2.30. The fraction of sp³-hybridized carbons (Fsp3) is 0.526. The Hall–Kier alpha value is -2.17. The number of hydrogen-bond acceptors (Lipinski definition) is 3. The molecule has 1 fully saturated rings. The number of hydrogen-bond donors (Lipinski definition) is 0. The van der Waals surface area contributed by atoms with E-state index in [0.29, 0.717) is 6.42 Å². The molecule has 1 aliphatic heterocycles. The molecule has 24 heavy (non-hydrogen) atoms. The molecule has 0 unspecified atom stereocenters. The molecule has 1 atom stereocenters. The average molecular weight is 326 g/mol. The van der Waals surface area contributed by atoms with E-state index in [1.165, 1.54) is 5.56 Å². The van der Waals surface area contributed by atoms with Crippen molar-refractivity contribution in [1.29, 1.82) is 0 Å². The zero-order chi connectivity index (χ0) is 16.8. The Labute approximate surface area is 143 Å². The van der Waals surface area contributed by atoms with E-state index in [1.54, 1.807) is 6.33 Å².